The van der Waals surface area contributed by atoms with Gasteiger partial charge in [0.2, 0.25) is 11.8 Å². The zero-order valence-electron chi connectivity index (χ0n) is 21.8. The van der Waals surface area contributed by atoms with Crippen molar-refractivity contribution in [2.45, 2.75) is 70.0 Å². The first-order chi connectivity index (χ1) is 17.6. The van der Waals surface area contributed by atoms with E-state index in [4.69, 9.17) is 32.2 Å². The quantitative estimate of drug-likeness (QED) is 0.349. The molecule has 0 saturated carbocycles. The van der Waals surface area contributed by atoms with Crippen LogP contribution in [0.4, 0.5) is 0 Å². The van der Waals surface area contributed by atoms with Gasteiger partial charge >= 0.3 is 5.97 Å². The molecule has 3 rings (SSSR count). The minimum Gasteiger partial charge on any atom is -0.468 e. The van der Waals surface area contributed by atoms with E-state index >= 15 is 0 Å². The molecule has 202 valence electrons. The second-order valence-electron chi connectivity index (χ2n) is 9.86. The van der Waals surface area contributed by atoms with Crippen molar-refractivity contribution in [2.24, 2.45) is 5.92 Å². The van der Waals surface area contributed by atoms with E-state index < -0.39 is 29.9 Å². The predicted octanol–water partition coefficient (Wildman–Crippen LogP) is 1.91. The number of esters is 1. The van der Waals surface area contributed by atoms with Gasteiger partial charge in [0.1, 0.15) is 24.4 Å². The fourth-order valence-electron chi connectivity index (χ4n) is 4.81. The summed E-state index contributed by atoms with van der Waals surface area (Å²) in [7, 11) is 1.34. The van der Waals surface area contributed by atoms with E-state index in [1.54, 1.807) is 37.8 Å². The van der Waals surface area contributed by atoms with Gasteiger partial charge in [-0.15, -0.1) is 6.42 Å². The number of halogens is 1. The van der Waals surface area contributed by atoms with Crippen LogP contribution >= 0.6 is 11.6 Å². The van der Waals surface area contributed by atoms with Crippen LogP contribution in [0.2, 0.25) is 5.02 Å². The Morgan fingerprint density at radius 2 is 2.11 bits per heavy atom. The molecule has 1 aromatic carbocycles. The molecule has 2 aliphatic rings. The standard InChI is InChI=1S/C27H36ClN3O6/c1-6-13-36-18(4)22(29-23(32)17(2)3)25(33)31-12-8-11-21(31)24-30-27(16-37-24,26(34)35-5)15-19-9-7-10-20(28)14-19/h1,7,9-10,14,17-18,21-22,24,30H,8,11-13,15-16H2,2-5H3,(H,29,32)/t18-,21+,22?,24?,27?/m1/s1. The van der Waals surface area contributed by atoms with Crippen molar-refractivity contribution < 1.29 is 28.6 Å². The molecule has 2 heterocycles. The van der Waals surface area contributed by atoms with Crippen molar-refractivity contribution in [3.05, 3.63) is 34.9 Å². The lowest BCUT2D eigenvalue weighted by atomic mass is 9.92. The minimum atomic E-state index is -1.13. The molecule has 2 amide bonds. The van der Waals surface area contributed by atoms with Gasteiger partial charge in [-0.25, -0.2) is 4.79 Å². The fraction of sp³-hybridized carbons (Fsp3) is 0.593. The van der Waals surface area contributed by atoms with Crippen molar-refractivity contribution in [1.29, 1.82) is 0 Å². The number of methoxy groups -OCH3 is 1. The van der Waals surface area contributed by atoms with Crippen LogP contribution < -0.4 is 10.6 Å². The average Bonchev–Trinajstić information content (AvgIpc) is 3.52. The van der Waals surface area contributed by atoms with E-state index in [9.17, 15) is 14.4 Å². The first-order valence-electron chi connectivity index (χ1n) is 12.5. The normalized spacial score (nSPS) is 24.9. The maximum absolute atomic E-state index is 13.7. The van der Waals surface area contributed by atoms with Gasteiger partial charge in [-0.2, -0.15) is 0 Å². The van der Waals surface area contributed by atoms with Crippen LogP contribution in [-0.4, -0.2) is 79.5 Å². The molecule has 9 nitrogen and oxygen atoms in total. The van der Waals surface area contributed by atoms with Crippen LogP contribution in [0.1, 0.15) is 39.2 Å². The van der Waals surface area contributed by atoms with Crippen LogP contribution in [0.15, 0.2) is 24.3 Å². The van der Waals surface area contributed by atoms with E-state index in [1.807, 2.05) is 12.1 Å². The monoisotopic (exact) mass is 533 g/mol. The number of hydrogen-bond donors (Lipinski definition) is 2. The highest BCUT2D eigenvalue weighted by molar-refractivity contribution is 6.30. The van der Waals surface area contributed by atoms with Crippen molar-refractivity contribution in [3.63, 3.8) is 0 Å². The molecule has 2 N–H and O–H groups in total. The molecule has 5 atom stereocenters. The van der Waals surface area contributed by atoms with E-state index in [0.29, 0.717) is 24.4 Å². The average molecular weight is 534 g/mol. The number of benzene rings is 1. The van der Waals surface area contributed by atoms with E-state index in [1.165, 1.54) is 7.11 Å². The van der Waals surface area contributed by atoms with Gasteiger partial charge in [0.25, 0.3) is 0 Å². The summed E-state index contributed by atoms with van der Waals surface area (Å²) in [6, 6.07) is 6.01. The SMILES string of the molecule is C#CCO[C@H](C)C(NC(=O)C(C)C)C(=O)N1CCC[C@H]1C1NC(Cc2cccc(Cl)c2)(C(=O)OC)CO1. The first kappa shape index (κ1) is 28.9. The zero-order valence-corrected chi connectivity index (χ0v) is 22.5. The minimum absolute atomic E-state index is 0.0182. The first-order valence-corrected chi connectivity index (χ1v) is 12.9. The summed E-state index contributed by atoms with van der Waals surface area (Å²) in [6.45, 7) is 5.80. The molecule has 0 radical (unpaired) electrons. The Balaban J connectivity index is 1.80. The number of ether oxygens (including phenoxy) is 3. The van der Waals surface area contributed by atoms with E-state index in [2.05, 4.69) is 16.6 Å². The number of rotatable bonds is 10. The summed E-state index contributed by atoms with van der Waals surface area (Å²) >= 11 is 6.15. The number of nitrogens with one attached hydrogen (secondary N) is 2. The molecule has 0 aliphatic carbocycles. The van der Waals surface area contributed by atoms with Crippen molar-refractivity contribution >= 4 is 29.4 Å². The number of carbonyl (C=O) groups excluding carboxylic acids is 3. The van der Waals surface area contributed by atoms with Crippen molar-refractivity contribution in [1.82, 2.24) is 15.5 Å². The molecule has 0 spiro atoms. The molecule has 2 aliphatic heterocycles. The summed E-state index contributed by atoms with van der Waals surface area (Å²) in [5.74, 6) is 1.10. The van der Waals surface area contributed by atoms with Gasteiger partial charge in [0.05, 0.1) is 25.9 Å². The lowest BCUT2D eigenvalue weighted by molar-refractivity contribution is -0.148. The molecule has 37 heavy (non-hydrogen) atoms. The summed E-state index contributed by atoms with van der Waals surface area (Å²) < 4.78 is 16.8. The number of carbonyl (C=O) groups is 3. The number of amides is 2. The van der Waals surface area contributed by atoms with Gasteiger partial charge in [-0.05, 0) is 37.5 Å². The van der Waals surface area contributed by atoms with Crippen molar-refractivity contribution in [2.75, 3.05) is 26.9 Å². The number of hydrogen-bond acceptors (Lipinski definition) is 7. The smallest absolute Gasteiger partial charge is 0.328 e. The Labute approximate surface area is 223 Å². The van der Waals surface area contributed by atoms with Crippen LogP contribution in [-0.2, 0) is 35.0 Å². The maximum atomic E-state index is 13.7. The summed E-state index contributed by atoms with van der Waals surface area (Å²) in [6.07, 6.45) is 5.81. The number of likely N-dealkylation sites (tertiary alicyclic amines) is 1. The summed E-state index contributed by atoms with van der Waals surface area (Å²) in [5, 5.41) is 6.72. The molecule has 1 aromatic rings. The highest BCUT2D eigenvalue weighted by Gasteiger charge is 2.51. The third kappa shape index (κ3) is 6.82. The molecule has 2 fully saturated rings. The number of nitrogens with zero attached hydrogens (tertiary/aromatic N) is 1. The molecule has 0 bridgehead atoms. The third-order valence-corrected chi connectivity index (χ3v) is 7.05. The predicted molar refractivity (Wildman–Crippen MR) is 139 cm³/mol. The molecule has 10 heteroatoms. The highest BCUT2D eigenvalue weighted by atomic mass is 35.5. The molecule has 0 aromatic heterocycles. The van der Waals surface area contributed by atoms with E-state index in [-0.39, 0.29) is 37.0 Å². The largest absolute Gasteiger partial charge is 0.468 e. The lowest BCUT2D eigenvalue weighted by Gasteiger charge is -2.35. The maximum Gasteiger partial charge on any atom is 0.328 e. The topological polar surface area (TPSA) is 106 Å². The van der Waals surface area contributed by atoms with Crippen LogP contribution in [0.3, 0.4) is 0 Å². The Morgan fingerprint density at radius 1 is 1.35 bits per heavy atom. The number of terminal acetylenes is 1. The Hall–Kier alpha value is -2.64. The Morgan fingerprint density at radius 3 is 2.76 bits per heavy atom. The van der Waals surface area contributed by atoms with Gasteiger partial charge in [0.15, 0.2) is 0 Å². The third-order valence-electron chi connectivity index (χ3n) is 6.82. The second-order valence-corrected chi connectivity index (χ2v) is 10.3. The fourth-order valence-corrected chi connectivity index (χ4v) is 5.03. The van der Waals surface area contributed by atoms with Crippen LogP contribution in [0, 0.1) is 18.3 Å². The van der Waals surface area contributed by atoms with Crippen molar-refractivity contribution in [3.8, 4) is 12.3 Å². The molecule has 3 unspecified atom stereocenters. The zero-order chi connectivity index (χ0) is 27.2. The lowest BCUT2D eigenvalue weighted by Crippen LogP contribution is -2.60. The Bertz CT molecular complexity index is 1030. The van der Waals surface area contributed by atoms with Gasteiger partial charge < -0.3 is 24.4 Å². The van der Waals surface area contributed by atoms with Gasteiger partial charge in [-0.3, -0.25) is 14.9 Å². The van der Waals surface area contributed by atoms with Crippen LogP contribution in [0.5, 0.6) is 0 Å². The highest BCUT2D eigenvalue weighted by Crippen LogP contribution is 2.31. The molecular weight excluding hydrogens is 498 g/mol. The Kier molecular flexibility index (Phi) is 9.96. The van der Waals surface area contributed by atoms with Gasteiger partial charge in [0, 0.05) is 23.9 Å². The molecular formula is C27H36ClN3O6. The van der Waals surface area contributed by atoms with Gasteiger partial charge in [-0.1, -0.05) is 43.5 Å². The molecule has 2 saturated heterocycles. The summed E-state index contributed by atoms with van der Waals surface area (Å²) in [5.41, 5.74) is -0.277. The summed E-state index contributed by atoms with van der Waals surface area (Å²) in [4.78, 5) is 40.9. The van der Waals surface area contributed by atoms with E-state index in [0.717, 1.165) is 12.0 Å². The second kappa shape index (κ2) is 12.7. The van der Waals surface area contributed by atoms with Crippen LogP contribution in [0.25, 0.3) is 0 Å².